The van der Waals surface area contributed by atoms with Crippen LogP contribution in [-0.2, 0) is 20.4 Å². The van der Waals surface area contributed by atoms with Crippen molar-refractivity contribution >= 4 is 16.5 Å². The lowest BCUT2D eigenvalue weighted by atomic mass is 10.1. The molecule has 0 amide bonds. The van der Waals surface area contributed by atoms with Crippen LogP contribution in [0.4, 0.5) is 0 Å². The van der Waals surface area contributed by atoms with Crippen LogP contribution in [0.15, 0.2) is 30.3 Å². The molecule has 0 bridgehead atoms. The summed E-state index contributed by atoms with van der Waals surface area (Å²) in [5.41, 5.74) is 1.30. The number of ether oxygens (including phenoxy) is 1. The lowest BCUT2D eigenvalue weighted by molar-refractivity contribution is -0.191. The topological polar surface area (TPSA) is 35.5 Å². The Morgan fingerprint density at radius 1 is 1.35 bits per heavy atom. The molecule has 0 heterocycles. The van der Waals surface area contributed by atoms with Gasteiger partial charge in [-0.1, -0.05) is 30.3 Å². The molecule has 3 nitrogen and oxygen atoms in total. The molecule has 1 atom stereocenters. The van der Waals surface area contributed by atoms with Gasteiger partial charge < -0.3 is 9.16 Å². The molecule has 0 N–H and O–H groups in total. The Morgan fingerprint density at radius 3 is 2.53 bits per heavy atom. The molecule has 0 aromatic heterocycles. The monoisotopic (exact) mass is 252 g/mol. The molecule has 0 fully saturated rings. The van der Waals surface area contributed by atoms with E-state index in [0.29, 0.717) is 10.5 Å². The second kappa shape index (κ2) is 6.57. The number of hydrogen-bond donors (Lipinski definition) is 0. The van der Waals surface area contributed by atoms with Crippen molar-refractivity contribution in [2.24, 2.45) is 0 Å². The molecule has 1 unspecified atom stereocenters. The summed E-state index contributed by atoms with van der Waals surface area (Å²) in [4.78, 5) is 11.0. The van der Waals surface area contributed by atoms with E-state index in [2.05, 4.69) is 12.1 Å². The summed E-state index contributed by atoms with van der Waals surface area (Å²) in [6.07, 6.45) is 2.64. The lowest BCUT2D eigenvalue weighted by Crippen LogP contribution is -2.33. The molecule has 0 saturated heterocycles. The molecule has 0 aliphatic carbocycles. The van der Waals surface area contributed by atoms with Crippen molar-refractivity contribution in [2.45, 2.75) is 38.9 Å². The van der Waals surface area contributed by atoms with Crippen LogP contribution in [0.5, 0.6) is 0 Å². The number of hydrogen-bond acceptors (Lipinski definition) is 3. The number of carbonyl (C=O) groups is 1. The molecule has 0 radical (unpaired) electrons. The van der Waals surface area contributed by atoms with Gasteiger partial charge in [0.1, 0.15) is 0 Å². The maximum absolute atomic E-state index is 11.0. The zero-order valence-corrected chi connectivity index (χ0v) is 12.7. The first-order valence-corrected chi connectivity index (χ1v) is 6.66. The summed E-state index contributed by atoms with van der Waals surface area (Å²) < 4.78 is 10.6. The van der Waals surface area contributed by atoms with Crippen molar-refractivity contribution in [2.75, 3.05) is 0 Å². The Bertz CT molecular complexity index is 353. The number of esters is 1. The van der Waals surface area contributed by atoms with Crippen molar-refractivity contribution in [3.8, 4) is 0 Å². The second-order valence-corrected chi connectivity index (χ2v) is 4.68. The van der Waals surface area contributed by atoms with Crippen molar-refractivity contribution in [3.05, 3.63) is 35.9 Å². The number of rotatable bonds is 6. The molecule has 0 saturated carbocycles. The predicted octanol–water partition coefficient (Wildman–Crippen LogP) is 1.59. The van der Waals surface area contributed by atoms with Gasteiger partial charge in [-0.3, -0.25) is 4.79 Å². The minimum Gasteiger partial charge on any atom is -0.435 e. The van der Waals surface area contributed by atoms with Gasteiger partial charge in [-0.2, -0.15) is 0 Å². The minimum absolute atomic E-state index is 0.289. The van der Waals surface area contributed by atoms with E-state index in [1.54, 1.807) is 0 Å². The highest BCUT2D eigenvalue weighted by molar-refractivity contribution is 5.98. The molecule has 1 aromatic carbocycles. The Hall–Kier alpha value is -1.13. The van der Waals surface area contributed by atoms with E-state index in [0.717, 1.165) is 19.3 Å². The van der Waals surface area contributed by atoms with E-state index in [1.165, 1.54) is 12.5 Å². The first-order valence-electron chi connectivity index (χ1n) is 5.84. The zero-order chi connectivity index (χ0) is 12.7. The third kappa shape index (κ3) is 5.15. The zero-order valence-electron chi connectivity index (χ0n) is 10.7. The average Bonchev–Trinajstić information content (AvgIpc) is 2.29. The van der Waals surface area contributed by atoms with Gasteiger partial charge in [-0.05, 0) is 18.4 Å². The molecule has 4 heteroatoms. The largest absolute Gasteiger partial charge is 0.435 e. The fraction of sp³-hybridized carbons (Fsp3) is 0.462. The normalized spacial score (nSPS) is 14.2. The molecule has 94 valence electrons. The Kier molecular flexibility index (Phi) is 5.38. The summed E-state index contributed by atoms with van der Waals surface area (Å²) >= 11 is 0. The summed E-state index contributed by atoms with van der Waals surface area (Å²) in [6.45, 7) is 3.24. The first-order chi connectivity index (χ1) is 8.06. The summed E-state index contributed by atoms with van der Waals surface area (Å²) in [7, 11) is 0.562. The van der Waals surface area contributed by atoms with E-state index in [9.17, 15) is 4.79 Å². The number of carbonyl (C=O) groups excluding carboxylic acids is 1. The Morgan fingerprint density at radius 2 is 2.00 bits per heavy atom. The van der Waals surface area contributed by atoms with E-state index in [1.807, 2.05) is 25.1 Å². The smallest absolute Gasteiger partial charge is 0.305 e. The lowest BCUT2D eigenvalue weighted by Gasteiger charge is -2.28. The molecular weight excluding hydrogens is 232 g/mol. The molecule has 0 spiro atoms. The highest BCUT2D eigenvalue weighted by Crippen LogP contribution is 2.20. The van der Waals surface area contributed by atoms with E-state index in [-0.39, 0.29) is 5.97 Å². The van der Waals surface area contributed by atoms with Crippen LogP contribution in [0.1, 0.15) is 32.3 Å². The van der Waals surface area contributed by atoms with Gasteiger partial charge in [0, 0.05) is 20.3 Å². The van der Waals surface area contributed by atoms with E-state index < -0.39 is 5.79 Å². The Balaban J connectivity index is 2.40. The van der Waals surface area contributed by atoms with Gasteiger partial charge in [-0.15, -0.1) is 0 Å². The van der Waals surface area contributed by atoms with Crippen LogP contribution in [0.25, 0.3) is 0 Å². The van der Waals surface area contributed by atoms with Gasteiger partial charge >= 0.3 is 5.97 Å². The van der Waals surface area contributed by atoms with Crippen LogP contribution in [0.3, 0.4) is 0 Å². The second-order valence-electron chi connectivity index (χ2n) is 4.27. The van der Waals surface area contributed by atoms with E-state index >= 15 is 0 Å². The van der Waals surface area contributed by atoms with Crippen LogP contribution < -0.4 is 0 Å². The predicted molar refractivity (Wildman–Crippen MR) is 70.6 cm³/mol. The quantitative estimate of drug-likeness (QED) is 0.438. The van der Waals surface area contributed by atoms with Crippen LogP contribution >= 0.6 is 0 Å². The molecule has 1 aromatic rings. The molecule has 0 aliphatic heterocycles. The van der Waals surface area contributed by atoms with Crippen molar-refractivity contribution in [1.82, 2.24) is 0 Å². The first kappa shape index (κ1) is 13.9. The maximum Gasteiger partial charge on any atom is 0.305 e. The third-order valence-electron chi connectivity index (χ3n) is 2.73. The van der Waals surface area contributed by atoms with E-state index in [4.69, 9.17) is 9.16 Å². The molecule has 17 heavy (non-hydrogen) atoms. The van der Waals surface area contributed by atoms with Gasteiger partial charge in [0.25, 0.3) is 0 Å². The highest BCUT2D eigenvalue weighted by atomic mass is 28.2. The molecular formula is C13H20O3Si. The van der Waals surface area contributed by atoms with Gasteiger partial charge in [-0.25, -0.2) is 0 Å². The van der Waals surface area contributed by atoms with Crippen molar-refractivity contribution in [3.63, 3.8) is 0 Å². The average molecular weight is 252 g/mol. The summed E-state index contributed by atoms with van der Waals surface area (Å²) in [6, 6.07) is 10.3. The standard InChI is InChI=1S/C13H20O3Si/c1-11(14)15-13(2,16-17)10-6-9-12-7-4-3-5-8-12/h3-5,7-8H,6,9-10H2,1-2,17H3. The Labute approximate surface area is 106 Å². The number of aryl methyl sites for hydroxylation is 1. The van der Waals surface area contributed by atoms with Crippen LogP contribution in [-0.4, -0.2) is 22.2 Å². The van der Waals surface area contributed by atoms with Gasteiger partial charge in [0.2, 0.25) is 5.79 Å². The van der Waals surface area contributed by atoms with Gasteiger partial charge in [0.05, 0.1) is 0 Å². The summed E-state index contributed by atoms with van der Waals surface area (Å²) in [5, 5.41) is 0. The molecule has 1 rings (SSSR count). The third-order valence-corrected chi connectivity index (χ3v) is 3.59. The number of benzene rings is 1. The SMILES string of the molecule is CC(=O)OC(C)(CCCc1ccccc1)O[SiH3]. The maximum atomic E-state index is 11.0. The fourth-order valence-corrected chi connectivity index (χ4v) is 2.04. The minimum atomic E-state index is -0.743. The summed E-state index contributed by atoms with van der Waals surface area (Å²) in [5.74, 6) is -1.03. The fourth-order valence-electron chi connectivity index (χ4n) is 1.76. The van der Waals surface area contributed by atoms with Crippen LogP contribution in [0.2, 0.25) is 0 Å². The van der Waals surface area contributed by atoms with Crippen LogP contribution in [0, 0.1) is 0 Å². The molecule has 0 aliphatic rings. The van der Waals surface area contributed by atoms with Gasteiger partial charge in [0.15, 0.2) is 10.5 Å². The van der Waals surface area contributed by atoms with Crippen molar-refractivity contribution < 1.29 is 14.0 Å². The highest BCUT2D eigenvalue weighted by Gasteiger charge is 2.25. The van der Waals surface area contributed by atoms with Crippen molar-refractivity contribution in [1.29, 1.82) is 0 Å².